The average molecular weight is 616 g/mol. The number of nitrogens with zero attached hydrogens (tertiary/aromatic N) is 1. The van der Waals surface area contributed by atoms with Crippen molar-refractivity contribution in [1.82, 2.24) is 5.32 Å². The summed E-state index contributed by atoms with van der Waals surface area (Å²) < 4.78 is 13.1. The first-order valence-corrected chi connectivity index (χ1v) is 12.7. The molecular formula is C26H20Br2N2O4S. The minimum absolute atomic E-state index is 0.0173. The Kier molecular flexibility index (Phi) is 8.00. The van der Waals surface area contributed by atoms with Crippen molar-refractivity contribution in [3.63, 3.8) is 0 Å². The summed E-state index contributed by atoms with van der Waals surface area (Å²) in [5.74, 6) is 0.179. The second-order valence-corrected chi connectivity index (χ2v) is 9.65. The Morgan fingerprint density at radius 3 is 2.49 bits per heavy atom. The number of rotatable bonds is 7. The molecule has 3 aromatic rings. The average Bonchev–Trinajstić information content (AvgIpc) is 2.83. The van der Waals surface area contributed by atoms with Crippen LogP contribution >= 0.6 is 44.1 Å². The van der Waals surface area contributed by atoms with Gasteiger partial charge in [-0.05, 0) is 88.7 Å². The minimum Gasteiger partial charge on any atom is -0.494 e. The van der Waals surface area contributed by atoms with Crippen LogP contribution in [-0.4, -0.2) is 23.5 Å². The third kappa shape index (κ3) is 5.98. The Bertz CT molecular complexity index is 1330. The number of amides is 2. The van der Waals surface area contributed by atoms with Gasteiger partial charge in [-0.15, -0.1) is 0 Å². The van der Waals surface area contributed by atoms with E-state index >= 15 is 0 Å². The fourth-order valence-corrected chi connectivity index (χ4v) is 4.46. The van der Waals surface area contributed by atoms with Crippen LogP contribution in [0.3, 0.4) is 0 Å². The predicted molar refractivity (Wildman–Crippen MR) is 146 cm³/mol. The van der Waals surface area contributed by atoms with Gasteiger partial charge in [0.1, 0.15) is 23.7 Å². The monoisotopic (exact) mass is 614 g/mol. The third-order valence-corrected chi connectivity index (χ3v) is 6.50. The number of carbonyl (C=O) groups is 2. The van der Waals surface area contributed by atoms with Gasteiger partial charge in [0.05, 0.1) is 16.8 Å². The van der Waals surface area contributed by atoms with Crippen LogP contribution in [0.1, 0.15) is 18.1 Å². The van der Waals surface area contributed by atoms with E-state index in [0.29, 0.717) is 40.4 Å². The molecule has 0 saturated carbocycles. The fourth-order valence-electron chi connectivity index (χ4n) is 3.40. The maximum Gasteiger partial charge on any atom is 0.270 e. The molecule has 2 amide bonds. The molecule has 0 unspecified atom stereocenters. The van der Waals surface area contributed by atoms with Crippen molar-refractivity contribution in [2.45, 2.75) is 13.5 Å². The second kappa shape index (κ2) is 11.2. The molecule has 1 fully saturated rings. The molecule has 0 spiro atoms. The van der Waals surface area contributed by atoms with Crippen molar-refractivity contribution in [1.29, 1.82) is 0 Å². The molecule has 0 aliphatic carbocycles. The Morgan fingerprint density at radius 1 is 1.00 bits per heavy atom. The van der Waals surface area contributed by atoms with Crippen LogP contribution in [0.5, 0.6) is 11.5 Å². The van der Waals surface area contributed by atoms with Crippen molar-refractivity contribution in [2.75, 3.05) is 11.5 Å². The summed E-state index contributed by atoms with van der Waals surface area (Å²) in [5, 5.41) is 2.61. The molecule has 9 heteroatoms. The van der Waals surface area contributed by atoms with E-state index in [-0.39, 0.29) is 10.7 Å². The lowest BCUT2D eigenvalue weighted by atomic mass is 10.1. The molecule has 1 saturated heterocycles. The van der Waals surface area contributed by atoms with Crippen LogP contribution in [0.4, 0.5) is 5.69 Å². The van der Waals surface area contributed by atoms with Gasteiger partial charge in [0.25, 0.3) is 11.8 Å². The summed E-state index contributed by atoms with van der Waals surface area (Å²) in [4.78, 5) is 27.2. The minimum atomic E-state index is -0.552. The summed E-state index contributed by atoms with van der Waals surface area (Å²) >= 11 is 12.2. The molecule has 4 rings (SSSR count). The standard InChI is InChI=1S/C26H20Br2N2O4S/c1-2-33-20-5-3-4-19(14-20)30-25(32)21(24(31)29-26(30)35)12-17-8-11-23(22(28)13-17)34-15-16-6-9-18(27)10-7-16/h3-14H,2,15H2,1H3,(H,29,31,35)/b21-12+. The van der Waals surface area contributed by atoms with E-state index in [1.54, 1.807) is 42.5 Å². The molecule has 0 radical (unpaired) electrons. The van der Waals surface area contributed by atoms with Crippen LogP contribution < -0.4 is 19.7 Å². The summed E-state index contributed by atoms with van der Waals surface area (Å²) in [7, 11) is 0. The summed E-state index contributed by atoms with van der Waals surface area (Å²) in [6, 6.07) is 20.2. The number of thiocarbonyl (C=S) groups is 1. The summed E-state index contributed by atoms with van der Waals surface area (Å²) in [5.41, 5.74) is 2.16. The quantitative estimate of drug-likeness (QED) is 0.200. The number of halogens is 2. The van der Waals surface area contributed by atoms with Crippen molar-refractivity contribution in [3.8, 4) is 11.5 Å². The molecule has 6 nitrogen and oxygen atoms in total. The number of anilines is 1. The molecule has 1 heterocycles. The smallest absolute Gasteiger partial charge is 0.270 e. The van der Waals surface area contributed by atoms with Gasteiger partial charge in [0.15, 0.2) is 5.11 Å². The number of carbonyl (C=O) groups excluding carboxylic acids is 2. The lowest BCUT2D eigenvalue weighted by Crippen LogP contribution is -2.54. The molecular weight excluding hydrogens is 596 g/mol. The molecule has 1 aliphatic heterocycles. The number of hydrogen-bond acceptors (Lipinski definition) is 5. The predicted octanol–water partition coefficient (Wildman–Crippen LogP) is 6.02. The Labute approximate surface area is 225 Å². The van der Waals surface area contributed by atoms with Crippen LogP contribution in [0.15, 0.2) is 81.2 Å². The highest BCUT2D eigenvalue weighted by Crippen LogP contribution is 2.29. The van der Waals surface area contributed by atoms with Crippen molar-refractivity contribution < 1.29 is 19.1 Å². The Morgan fingerprint density at radius 2 is 1.77 bits per heavy atom. The maximum atomic E-state index is 13.3. The first kappa shape index (κ1) is 25.1. The third-order valence-electron chi connectivity index (χ3n) is 5.06. The first-order chi connectivity index (χ1) is 16.9. The summed E-state index contributed by atoms with van der Waals surface area (Å²) in [6.07, 6.45) is 1.53. The van der Waals surface area contributed by atoms with E-state index in [2.05, 4.69) is 37.2 Å². The highest BCUT2D eigenvalue weighted by atomic mass is 79.9. The second-order valence-electron chi connectivity index (χ2n) is 7.49. The Balaban J connectivity index is 1.55. The van der Waals surface area contributed by atoms with Gasteiger partial charge in [-0.25, -0.2) is 0 Å². The first-order valence-electron chi connectivity index (χ1n) is 10.7. The zero-order valence-corrected chi connectivity index (χ0v) is 22.6. The van der Waals surface area contributed by atoms with E-state index in [1.165, 1.54) is 11.0 Å². The topological polar surface area (TPSA) is 67.9 Å². The van der Waals surface area contributed by atoms with Gasteiger partial charge in [-0.2, -0.15) is 0 Å². The normalized spacial score (nSPS) is 14.8. The number of ether oxygens (including phenoxy) is 2. The molecule has 1 aliphatic rings. The van der Waals surface area contributed by atoms with Crippen molar-refractivity contribution in [2.24, 2.45) is 0 Å². The van der Waals surface area contributed by atoms with Gasteiger partial charge < -0.3 is 9.47 Å². The fraction of sp³-hybridized carbons (Fsp3) is 0.115. The van der Waals surface area contributed by atoms with E-state index in [1.807, 2.05) is 31.2 Å². The molecule has 0 aromatic heterocycles. The van der Waals surface area contributed by atoms with Gasteiger partial charge in [0.2, 0.25) is 0 Å². The maximum absolute atomic E-state index is 13.3. The van der Waals surface area contributed by atoms with E-state index in [4.69, 9.17) is 21.7 Å². The molecule has 0 bridgehead atoms. The lowest BCUT2D eigenvalue weighted by molar-refractivity contribution is -0.122. The largest absolute Gasteiger partial charge is 0.494 e. The Hall–Kier alpha value is -3.01. The van der Waals surface area contributed by atoms with Crippen LogP contribution in [0, 0.1) is 0 Å². The lowest BCUT2D eigenvalue weighted by Gasteiger charge is -2.29. The zero-order chi connectivity index (χ0) is 24.9. The zero-order valence-electron chi connectivity index (χ0n) is 18.6. The van der Waals surface area contributed by atoms with Gasteiger partial charge >= 0.3 is 0 Å². The highest BCUT2D eigenvalue weighted by molar-refractivity contribution is 9.10. The van der Waals surface area contributed by atoms with Crippen molar-refractivity contribution in [3.05, 3.63) is 92.4 Å². The highest BCUT2D eigenvalue weighted by Gasteiger charge is 2.34. The summed E-state index contributed by atoms with van der Waals surface area (Å²) in [6.45, 7) is 2.77. The van der Waals surface area contributed by atoms with Crippen molar-refractivity contribution >= 4 is 72.8 Å². The van der Waals surface area contributed by atoms with E-state index < -0.39 is 11.8 Å². The molecule has 0 atom stereocenters. The van der Waals surface area contributed by atoms with Crippen LogP contribution in [0.2, 0.25) is 0 Å². The van der Waals surface area contributed by atoms with Gasteiger partial charge in [-0.1, -0.05) is 40.2 Å². The molecule has 178 valence electrons. The van der Waals surface area contributed by atoms with Gasteiger partial charge in [-0.3, -0.25) is 19.8 Å². The molecule has 1 N–H and O–H groups in total. The number of hydrogen-bond donors (Lipinski definition) is 1. The SMILES string of the molecule is CCOc1cccc(N2C(=O)/C(=C/c3ccc(OCc4ccc(Br)cc4)c(Br)c3)C(=O)NC2=S)c1. The molecule has 35 heavy (non-hydrogen) atoms. The van der Waals surface area contributed by atoms with E-state index in [9.17, 15) is 9.59 Å². The van der Waals surface area contributed by atoms with Crippen LogP contribution in [-0.2, 0) is 16.2 Å². The van der Waals surface area contributed by atoms with Gasteiger partial charge in [0, 0.05) is 10.5 Å². The van der Waals surface area contributed by atoms with E-state index in [0.717, 1.165) is 10.0 Å². The molecule has 3 aromatic carbocycles. The number of benzene rings is 3. The van der Waals surface area contributed by atoms with Crippen LogP contribution in [0.25, 0.3) is 6.08 Å². The number of nitrogens with one attached hydrogen (secondary N) is 1.